The Labute approximate surface area is 170 Å². The highest BCUT2D eigenvalue weighted by atomic mass is 16.5. The molecule has 8 heteroatoms. The third kappa shape index (κ3) is 4.31. The van der Waals surface area contributed by atoms with Gasteiger partial charge in [0.15, 0.2) is 0 Å². The molecule has 1 aromatic heterocycles. The zero-order chi connectivity index (χ0) is 20.2. The predicted octanol–water partition coefficient (Wildman–Crippen LogP) is 1.18. The summed E-state index contributed by atoms with van der Waals surface area (Å²) in [6.07, 6.45) is 3.74. The molecule has 8 nitrogen and oxygen atoms in total. The second kappa shape index (κ2) is 8.46. The van der Waals surface area contributed by atoms with Crippen LogP contribution in [0.4, 0.5) is 5.95 Å². The summed E-state index contributed by atoms with van der Waals surface area (Å²) < 4.78 is 5.17. The van der Waals surface area contributed by atoms with E-state index in [0.29, 0.717) is 45.2 Å². The second-order valence-electron chi connectivity index (χ2n) is 7.38. The number of piperazine rings is 1. The fraction of sp³-hybridized carbons (Fsp3) is 0.429. The third-order valence-corrected chi connectivity index (χ3v) is 5.52. The Morgan fingerprint density at radius 1 is 1.10 bits per heavy atom. The lowest BCUT2D eigenvalue weighted by atomic mass is 10.1. The number of hydrogen-bond donors (Lipinski definition) is 0. The first kappa shape index (κ1) is 19.2. The van der Waals surface area contributed by atoms with Gasteiger partial charge in [0.1, 0.15) is 5.75 Å². The van der Waals surface area contributed by atoms with E-state index in [0.717, 1.165) is 11.3 Å². The average molecular weight is 395 g/mol. The molecule has 0 spiro atoms. The Morgan fingerprint density at radius 2 is 1.79 bits per heavy atom. The molecule has 2 amide bonds. The van der Waals surface area contributed by atoms with Gasteiger partial charge in [0, 0.05) is 58.1 Å². The van der Waals surface area contributed by atoms with Crippen molar-refractivity contribution in [2.75, 3.05) is 44.7 Å². The molecule has 2 aromatic rings. The van der Waals surface area contributed by atoms with E-state index in [4.69, 9.17) is 4.74 Å². The van der Waals surface area contributed by atoms with Crippen LogP contribution in [0.5, 0.6) is 5.75 Å². The number of carbonyl (C=O) groups is 2. The van der Waals surface area contributed by atoms with E-state index in [2.05, 4.69) is 14.9 Å². The van der Waals surface area contributed by atoms with Crippen LogP contribution in [0.2, 0.25) is 0 Å². The van der Waals surface area contributed by atoms with Crippen molar-refractivity contribution in [3.8, 4) is 5.75 Å². The summed E-state index contributed by atoms with van der Waals surface area (Å²) in [5.74, 6) is 1.33. The highest BCUT2D eigenvalue weighted by molar-refractivity contribution is 5.89. The molecule has 3 heterocycles. The standard InChI is InChI=1S/C21H25N5O3/c1-29-18-5-3-16(4-6-18)14-26-15-17(13-19(26)27)20(28)24-9-11-25(12-10-24)21-22-7-2-8-23-21/h2-8,17H,9-15H2,1H3. The smallest absolute Gasteiger partial charge is 0.228 e. The maximum Gasteiger partial charge on any atom is 0.228 e. The van der Waals surface area contributed by atoms with Gasteiger partial charge in [0.05, 0.1) is 13.0 Å². The minimum atomic E-state index is -0.264. The van der Waals surface area contributed by atoms with Crippen LogP contribution in [-0.4, -0.2) is 71.4 Å². The largest absolute Gasteiger partial charge is 0.497 e. The molecule has 2 fully saturated rings. The molecule has 0 aliphatic carbocycles. The first-order valence-corrected chi connectivity index (χ1v) is 9.85. The number of rotatable bonds is 5. The molecule has 2 aliphatic rings. The number of methoxy groups -OCH3 is 1. The zero-order valence-electron chi connectivity index (χ0n) is 16.5. The summed E-state index contributed by atoms with van der Waals surface area (Å²) in [4.78, 5) is 39.7. The molecule has 2 aliphatic heterocycles. The summed E-state index contributed by atoms with van der Waals surface area (Å²) in [6, 6.07) is 9.46. The van der Waals surface area contributed by atoms with Gasteiger partial charge < -0.3 is 19.4 Å². The summed E-state index contributed by atoms with van der Waals surface area (Å²) in [7, 11) is 1.63. The number of amides is 2. The van der Waals surface area contributed by atoms with Gasteiger partial charge in [-0.05, 0) is 23.8 Å². The Kier molecular flexibility index (Phi) is 5.59. The van der Waals surface area contributed by atoms with Gasteiger partial charge in [-0.2, -0.15) is 0 Å². The van der Waals surface area contributed by atoms with Crippen LogP contribution >= 0.6 is 0 Å². The molecule has 1 aromatic carbocycles. The number of nitrogens with zero attached hydrogens (tertiary/aromatic N) is 5. The van der Waals surface area contributed by atoms with Gasteiger partial charge >= 0.3 is 0 Å². The van der Waals surface area contributed by atoms with E-state index in [1.807, 2.05) is 29.2 Å². The molecule has 29 heavy (non-hydrogen) atoms. The van der Waals surface area contributed by atoms with Crippen molar-refractivity contribution in [1.29, 1.82) is 0 Å². The van der Waals surface area contributed by atoms with Gasteiger partial charge in [-0.3, -0.25) is 9.59 Å². The monoisotopic (exact) mass is 395 g/mol. The van der Waals surface area contributed by atoms with E-state index in [1.165, 1.54) is 0 Å². The van der Waals surface area contributed by atoms with Crippen LogP contribution in [0, 0.1) is 5.92 Å². The van der Waals surface area contributed by atoms with Gasteiger partial charge in [0.2, 0.25) is 17.8 Å². The Bertz CT molecular complexity index is 850. The van der Waals surface area contributed by atoms with Crippen molar-refractivity contribution < 1.29 is 14.3 Å². The molecule has 2 saturated heterocycles. The zero-order valence-corrected chi connectivity index (χ0v) is 16.5. The van der Waals surface area contributed by atoms with Gasteiger partial charge in [0.25, 0.3) is 0 Å². The lowest BCUT2D eigenvalue weighted by Gasteiger charge is -2.35. The fourth-order valence-corrected chi connectivity index (χ4v) is 3.88. The average Bonchev–Trinajstić information content (AvgIpc) is 3.14. The number of carbonyl (C=O) groups excluding carboxylic acids is 2. The summed E-state index contributed by atoms with van der Waals surface area (Å²) in [6.45, 7) is 3.65. The van der Waals surface area contributed by atoms with E-state index < -0.39 is 0 Å². The molecule has 0 bridgehead atoms. The van der Waals surface area contributed by atoms with Gasteiger partial charge in [-0.15, -0.1) is 0 Å². The molecule has 0 radical (unpaired) electrons. The second-order valence-corrected chi connectivity index (χ2v) is 7.38. The highest BCUT2D eigenvalue weighted by Gasteiger charge is 2.37. The molecule has 0 N–H and O–H groups in total. The minimum Gasteiger partial charge on any atom is -0.497 e. The summed E-state index contributed by atoms with van der Waals surface area (Å²) in [5, 5.41) is 0. The molecule has 0 saturated carbocycles. The van der Waals surface area contributed by atoms with Crippen molar-refractivity contribution in [3.63, 3.8) is 0 Å². The van der Waals surface area contributed by atoms with Crippen LogP contribution in [0.3, 0.4) is 0 Å². The summed E-state index contributed by atoms with van der Waals surface area (Å²) in [5.41, 5.74) is 1.03. The molecule has 1 atom stereocenters. The number of benzene rings is 1. The van der Waals surface area contributed by atoms with Gasteiger partial charge in [-0.25, -0.2) is 9.97 Å². The molecule has 4 rings (SSSR count). The number of likely N-dealkylation sites (tertiary alicyclic amines) is 1. The minimum absolute atomic E-state index is 0.0375. The molecule has 1 unspecified atom stereocenters. The number of anilines is 1. The number of ether oxygens (including phenoxy) is 1. The van der Waals surface area contributed by atoms with Crippen molar-refractivity contribution in [2.24, 2.45) is 5.92 Å². The summed E-state index contributed by atoms with van der Waals surface area (Å²) >= 11 is 0. The van der Waals surface area contributed by atoms with E-state index in [-0.39, 0.29) is 24.2 Å². The Balaban J connectivity index is 1.31. The lowest BCUT2D eigenvalue weighted by molar-refractivity contribution is -0.136. The highest BCUT2D eigenvalue weighted by Crippen LogP contribution is 2.24. The van der Waals surface area contributed by atoms with Crippen molar-refractivity contribution in [2.45, 2.75) is 13.0 Å². The first-order chi connectivity index (χ1) is 14.1. The van der Waals surface area contributed by atoms with E-state index in [1.54, 1.807) is 30.5 Å². The molecular formula is C21H25N5O3. The third-order valence-electron chi connectivity index (χ3n) is 5.52. The Morgan fingerprint density at radius 3 is 2.45 bits per heavy atom. The Hall–Kier alpha value is -3.16. The lowest BCUT2D eigenvalue weighted by Crippen LogP contribution is -2.51. The number of aromatic nitrogens is 2. The van der Waals surface area contributed by atoms with Crippen LogP contribution in [-0.2, 0) is 16.1 Å². The maximum absolute atomic E-state index is 13.0. The van der Waals surface area contributed by atoms with Crippen molar-refractivity contribution >= 4 is 17.8 Å². The van der Waals surface area contributed by atoms with Crippen LogP contribution < -0.4 is 9.64 Å². The predicted molar refractivity (Wildman–Crippen MR) is 107 cm³/mol. The van der Waals surface area contributed by atoms with E-state index >= 15 is 0 Å². The normalized spacial score (nSPS) is 19.6. The molecule has 152 valence electrons. The molecular weight excluding hydrogens is 370 g/mol. The first-order valence-electron chi connectivity index (χ1n) is 9.85. The topological polar surface area (TPSA) is 78.9 Å². The quantitative estimate of drug-likeness (QED) is 0.757. The maximum atomic E-state index is 13.0. The fourth-order valence-electron chi connectivity index (χ4n) is 3.88. The van der Waals surface area contributed by atoms with Crippen molar-refractivity contribution in [3.05, 3.63) is 48.3 Å². The van der Waals surface area contributed by atoms with E-state index in [9.17, 15) is 9.59 Å². The number of hydrogen-bond acceptors (Lipinski definition) is 6. The van der Waals surface area contributed by atoms with Gasteiger partial charge in [-0.1, -0.05) is 12.1 Å². The van der Waals surface area contributed by atoms with Crippen molar-refractivity contribution in [1.82, 2.24) is 19.8 Å². The van der Waals surface area contributed by atoms with Crippen LogP contribution in [0.1, 0.15) is 12.0 Å². The SMILES string of the molecule is COc1ccc(CN2CC(C(=O)N3CCN(c4ncccn4)CC3)CC2=O)cc1. The van der Waals surface area contributed by atoms with Crippen LogP contribution in [0.25, 0.3) is 0 Å². The van der Waals surface area contributed by atoms with Crippen LogP contribution in [0.15, 0.2) is 42.7 Å².